The van der Waals surface area contributed by atoms with Crippen molar-refractivity contribution >= 4 is 45.4 Å². The zero-order chi connectivity index (χ0) is 27.3. The van der Waals surface area contributed by atoms with Gasteiger partial charge < -0.3 is 23.4 Å². The van der Waals surface area contributed by atoms with Crippen molar-refractivity contribution in [3.8, 4) is 28.7 Å². The van der Waals surface area contributed by atoms with E-state index in [1.165, 1.54) is 4.90 Å². The SMILES string of the molecule is COc1cnc2c(-c3cc4c5c(cc(Cl)c4o3)O[C@H](OC(=O)N(C)c3ccnc(C)c3)CO5)cc(C)cc2n1. The molecule has 0 unspecified atom stereocenters. The highest BCUT2D eigenvalue weighted by Crippen LogP contribution is 2.46. The highest BCUT2D eigenvalue weighted by molar-refractivity contribution is 6.35. The molecule has 5 aromatic rings. The Kier molecular flexibility index (Phi) is 6.11. The number of anilines is 1. The molecule has 1 amide bonds. The summed E-state index contributed by atoms with van der Waals surface area (Å²) in [4.78, 5) is 27.3. The predicted octanol–water partition coefficient (Wildman–Crippen LogP) is 6.09. The van der Waals surface area contributed by atoms with Gasteiger partial charge in [-0.1, -0.05) is 11.6 Å². The van der Waals surface area contributed by atoms with Gasteiger partial charge in [0.25, 0.3) is 6.29 Å². The van der Waals surface area contributed by atoms with Crippen molar-refractivity contribution in [2.24, 2.45) is 0 Å². The fourth-order valence-corrected chi connectivity index (χ4v) is 4.68. The fraction of sp³-hybridized carbons (Fsp3) is 0.214. The van der Waals surface area contributed by atoms with E-state index in [1.54, 1.807) is 44.8 Å². The first-order valence-electron chi connectivity index (χ1n) is 12.0. The van der Waals surface area contributed by atoms with Gasteiger partial charge in [-0.3, -0.25) is 9.88 Å². The van der Waals surface area contributed by atoms with Crippen molar-refractivity contribution in [3.63, 3.8) is 0 Å². The van der Waals surface area contributed by atoms with Gasteiger partial charge in [-0.15, -0.1) is 0 Å². The molecule has 4 heterocycles. The molecule has 0 saturated carbocycles. The molecule has 0 N–H and O–H groups in total. The van der Waals surface area contributed by atoms with Crippen LogP contribution in [0.3, 0.4) is 0 Å². The average molecular weight is 547 g/mol. The molecular formula is C28H23ClN4O6. The van der Waals surface area contributed by atoms with E-state index >= 15 is 0 Å². The Morgan fingerprint density at radius 1 is 1.15 bits per heavy atom. The number of pyridine rings is 1. The standard InChI is InChI=1S/C28H23ClN4O6/c1-14-7-17(25-20(8-14)32-23(35-4)12-31-25)21-10-18-26(38-21)19(29)11-22-27(18)36-13-24(37-22)39-28(34)33(3)16-5-6-30-15(2)9-16/h5-12,24H,13H2,1-4H3/t24-/m1/s1. The van der Waals surface area contributed by atoms with E-state index in [4.69, 9.17) is 35.0 Å². The molecular weight excluding hydrogens is 524 g/mol. The van der Waals surface area contributed by atoms with E-state index in [0.717, 1.165) is 16.8 Å². The zero-order valence-corrected chi connectivity index (χ0v) is 22.3. The third-order valence-electron chi connectivity index (χ3n) is 6.31. The normalized spacial score (nSPS) is 14.4. The summed E-state index contributed by atoms with van der Waals surface area (Å²) in [6.45, 7) is 3.79. The molecule has 198 valence electrons. The van der Waals surface area contributed by atoms with Crippen LogP contribution in [0.2, 0.25) is 5.02 Å². The van der Waals surface area contributed by atoms with Crippen molar-refractivity contribution in [1.82, 2.24) is 15.0 Å². The molecule has 2 aromatic carbocycles. The lowest BCUT2D eigenvalue weighted by atomic mass is 10.1. The molecule has 11 heteroatoms. The van der Waals surface area contributed by atoms with Gasteiger partial charge in [0.15, 0.2) is 23.7 Å². The molecule has 3 aromatic heterocycles. The minimum atomic E-state index is -0.971. The summed E-state index contributed by atoms with van der Waals surface area (Å²) < 4.78 is 28.9. The summed E-state index contributed by atoms with van der Waals surface area (Å²) in [7, 11) is 3.15. The number of hydrogen-bond donors (Lipinski definition) is 0. The van der Waals surface area contributed by atoms with Gasteiger partial charge in [-0.05, 0) is 49.7 Å². The number of carbonyl (C=O) groups is 1. The number of amides is 1. The largest absolute Gasteiger partial charge is 0.481 e. The van der Waals surface area contributed by atoms with Crippen LogP contribution in [0.4, 0.5) is 10.5 Å². The van der Waals surface area contributed by atoms with Gasteiger partial charge in [0.05, 0.1) is 40.4 Å². The number of aromatic nitrogens is 3. The molecule has 10 nitrogen and oxygen atoms in total. The Morgan fingerprint density at radius 2 is 2.00 bits per heavy atom. The molecule has 0 fully saturated rings. The molecule has 0 bridgehead atoms. The third-order valence-corrected chi connectivity index (χ3v) is 6.60. The van der Waals surface area contributed by atoms with Crippen LogP contribution in [0.5, 0.6) is 17.4 Å². The fourth-order valence-electron chi connectivity index (χ4n) is 4.44. The Labute approximate surface area is 228 Å². The van der Waals surface area contributed by atoms with Crippen LogP contribution >= 0.6 is 11.6 Å². The van der Waals surface area contributed by atoms with E-state index in [9.17, 15) is 4.79 Å². The van der Waals surface area contributed by atoms with E-state index < -0.39 is 12.4 Å². The maximum atomic E-state index is 12.7. The number of nitrogens with zero attached hydrogens (tertiary/aromatic N) is 4. The Morgan fingerprint density at radius 3 is 2.79 bits per heavy atom. The first-order chi connectivity index (χ1) is 18.8. The van der Waals surface area contributed by atoms with Crippen LogP contribution in [-0.4, -0.2) is 48.1 Å². The summed E-state index contributed by atoms with van der Waals surface area (Å²) in [6, 6.07) is 10.8. The van der Waals surface area contributed by atoms with Crippen molar-refractivity contribution in [2.75, 3.05) is 25.7 Å². The number of aryl methyl sites for hydroxylation is 2. The number of methoxy groups -OCH3 is 1. The Balaban J connectivity index is 1.30. The van der Waals surface area contributed by atoms with Gasteiger partial charge in [0, 0.05) is 30.6 Å². The van der Waals surface area contributed by atoms with Crippen LogP contribution in [0.25, 0.3) is 33.3 Å². The highest BCUT2D eigenvalue weighted by atomic mass is 35.5. The van der Waals surface area contributed by atoms with E-state index in [0.29, 0.717) is 55.9 Å². The smallest absolute Gasteiger partial charge is 0.417 e. The summed E-state index contributed by atoms with van der Waals surface area (Å²) in [6.07, 6.45) is 1.62. The Bertz CT molecular complexity index is 1750. The summed E-state index contributed by atoms with van der Waals surface area (Å²) in [5.41, 5.74) is 4.92. The van der Waals surface area contributed by atoms with Gasteiger partial charge in [0.2, 0.25) is 5.88 Å². The van der Waals surface area contributed by atoms with Crippen molar-refractivity contribution < 1.29 is 28.2 Å². The van der Waals surface area contributed by atoms with E-state index in [-0.39, 0.29) is 6.61 Å². The maximum Gasteiger partial charge on any atom is 0.417 e. The first-order valence-corrected chi connectivity index (χ1v) is 12.4. The molecule has 0 saturated heterocycles. The number of furan rings is 1. The van der Waals surface area contributed by atoms with Crippen LogP contribution in [0, 0.1) is 13.8 Å². The summed E-state index contributed by atoms with van der Waals surface area (Å²) in [5.74, 6) is 1.74. The van der Waals surface area contributed by atoms with Crippen molar-refractivity contribution in [1.29, 1.82) is 0 Å². The average Bonchev–Trinajstić information content (AvgIpc) is 3.38. The number of benzene rings is 2. The monoisotopic (exact) mass is 546 g/mol. The second-order valence-electron chi connectivity index (χ2n) is 9.09. The second kappa shape index (κ2) is 9.63. The topological polar surface area (TPSA) is 109 Å². The molecule has 0 aliphatic carbocycles. The minimum absolute atomic E-state index is 0.0160. The molecule has 1 aliphatic heterocycles. The second-order valence-corrected chi connectivity index (χ2v) is 9.50. The third kappa shape index (κ3) is 4.52. The van der Waals surface area contributed by atoms with Crippen LogP contribution in [0.1, 0.15) is 11.3 Å². The van der Waals surface area contributed by atoms with Gasteiger partial charge in [0.1, 0.15) is 5.76 Å². The quantitative estimate of drug-likeness (QED) is 0.264. The number of ether oxygens (including phenoxy) is 4. The molecule has 0 spiro atoms. The van der Waals surface area contributed by atoms with Crippen LogP contribution < -0.4 is 19.1 Å². The molecule has 1 atom stereocenters. The number of rotatable bonds is 4. The van der Waals surface area contributed by atoms with Crippen LogP contribution in [-0.2, 0) is 4.74 Å². The number of halogens is 1. The van der Waals surface area contributed by atoms with E-state index in [2.05, 4.69) is 15.0 Å². The minimum Gasteiger partial charge on any atom is -0.481 e. The lowest BCUT2D eigenvalue weighted by Crippen LogP contribution is -2.38. The molecule has 0 radical (unpaired) electrons. The number of hydrogen-bond acceptors (Lipinski definition) is 9. The molecule has 1 aliphatic rings. The number of carbonyl (C=O) groups excluding carboxylic acids is 1. The highest BCUT2D eigenvalue weighted by Gasteiger charge is 2.30. The van der Waals surface area contributed by atoms with Crippen LogP contribution in [0.15, 0.2) is 53.2 Å². The summed E-state index contributed by atoms with van der Waals surface area (Å²) in [5, 5.41) is 0.942. The molecule has 39 heavy (non-hydrogen) atoms. The predicted molar refractivity (Wildman–Crippen MR) is 145 cm³/mol. The van der Waals surface area contributed by atoms with Gasteiger partial charge in [-0.25, -0.2) is 14.8 Å². The van der Waals surface area contributed by atoms with Crippen molar-refractivity contribution in [3.05, 3.63) is 65.1 Å². The van der Waals surface area contributed by atoms with Crippen molar-refractivity contribution in [2.45, 2.75) is 20.1 Å². The summed E-state index contributed by atoms with van der Waals surface area (Å²) >= 11 is 6.59. The zero-order valence-electron chi connectivity index (χ0n) is 21.5. The van der Waals surface area contributed by atoms with Gasteiger partial charge >= 0.3 is 6.09 Å². The lowest BCUT2D eigenvalue weighted by Gasteiger charge is -2.28. The van der Waals surface area contributed by atoms with E-state index in [1.807, 2.05) is 32.0 Å². The van der Waals surface area contributed by atoms with Gasteiger partial charge in [-0.2, -0.15) is 0 Å². The number of fused-ring (bicyclic) bond motifs is 4. The maximum absolute atomic E-state index is 12.7. The molecule has 6 rings (SSSR count). The first kappa shape index (κ1) is 24.7. The lowest BCUT2D eigenvalue weighted by molar-refractivity contribution is -0.0718. The Hall–Kier alpha value is -4.57.